The van der Waals surface area contributed by atoms with Crippen LogP contribution in [0.5, 0.6) is 0 Å². The number of allylic oxidation sites excluding steroid dienone is 22. The van der Waals surface area contributed by atoms with Crippen molar-refractivity contribution < 1.29 is 28.6 Å². The summed E-state index contributed by atoms with van der Waals surface area (Å²) in [6.07, 6.45) is 96.3. The first-order valence-electron chi connectivity index (χ1n) is 33.7. The van der Waals surface area contributed by atoms with Crippen LogP contribution in [0.4, 0.5) is 0 Å². The van der Waals surface area contributed by atoms with Gasteiger partial charge in [-0.25, -0.2) is 0 Å². The van der Waals surface area contributed by atoms with Crippen molar-refractivity contribution in [3.63, 3.8) is 0 Å². The molecule has 0 aliphatic carbocycles. The lowest BCUT2D eigenvalue weighted by molar-refractivity contribution is -0.167. The van der Waals surface area contributed by atoms with Crippen LogP contribution in [-0.4, -0.2) is 37.2 Å². The minimum absolute atomic E-state index is 0.0863. The molecule has 0 radical (unpaired) electrons. The van der Waals surface area contributed by atoms with Gasteiger partial charge in [-0.15, -0.1) is 0 Å². The number of rotatable bonds is 60. The highest BCUT2D eigenvalue weighted by Crippen LogP contribution is 2.16. The van der Waals surface area contributed by atoms with Gasteiger partial charge in [-0.1, -0.05) is 296 Å². The fourth-order valence-electron chi connectivity index (χ4n) is 9.11. The number of hydrogen-bond acceptors (Lipinski definition) is 6. The van der Waals surface area contributed by atoms with E-state index in [1.807, 2.05) is 0 Å². The van der Waals surface area contributed by atoms with Crippen molar-refractivity contribution in [2.75, 3.05) is 13.2 Å². The van der Waals surface area contributed by atoms with Gasteiger partial charge in [0.05, 0.1) is 0 Å². The van der Waals surface area contributed by atoms with Gasteiger partial charge in [-0.05, 0) is 122 Å². The van der Waals surface area contributed by atoms with Crippen LogP contribution >= 0.6 is 0 Å². The van der Waals surface area contributed by atoms with Gasteiger partial charge >= 0.3 is 17.9 Å². The summed E-state index contributed by atoms with van der Waals surface area (Å²) in [4.78, 5) is 38.1. The van der Waals surface area contributed by atoms with E-state index in [0.717, 1.165) is 141 Å². The Morgan fingerprint density at radius 3 is 0.753 bits per heavy atom. The Hall–Kier alpha value is -4.45. The Balaban J connectivity index is 4.19. The molecule has 0 aromatic carbocycles. The van der Waals surface area contributed by atoms with Gasteiger partial charge < -0.3 is 14.2 Å². The topological polar surface area (TPSA) is 78.9 Å². The van der Waals surface area contributed by atoms with Crippen molar-refractivity contribution in [3.8, 4) is 0 Å². The van der Waals surface area contributed by atoms with Crippen LogP contribution in [0.3, 0.4) is 0 Å². The van der Waals surface area contributed by atoms with Gasteiger partial charge in [0.25, 0.3) is 0 Å². The second kappa shape index (κ2) is 68.1. The van der Waals surface area contributed by atoms with Gasteiger partial charge in [-0.2, -0.15) is 0 Å². The molecule has 460 valence electrons. The highest BCUT2D eigenvalue weighted by Gasteiger charge is 2.19. The third-order valence-corrected chi connectivity index (χ3v) is 14.1. The second-order valence-corrected chi connectivity index (χ2v) is 22.0. The average Bonchev–Trinajstić information content (AvgIpc) is 3.47. The second-order valence-electron chi connectivity index (χ2n) is 22.0. The molecular weight excluding hydrogens is 997 g/mol. The lowest BCUT2D eigenvalue weighted by Crippen LogP contribution is -2.30. The molecule has 0 saturated carbocycles. The average molecular weight is 1120 g/mol. The highest BCUT2D eigenvalue weighted by atomic mass is 16.6. The molecule has 0 spiro atoms. The van der Waals surface area contributed by atoms with Crippen molar-refractivity contribution in [1.82, 2.24) is 0 Å². The molecule has 0 amide bonds. The zero-order valence-corrected chi connectivity index (χ0v) is 52.8. The monoisotopic (exact) mass is 1120 g/mol. The molecule has 0 aliphatic heterocycles. The molecule has 6 nitrogen and oxygen atoms in total. The van der Waals surface area contributed by atoms with E-state index in [9.17, 15) is 14.4 Å². The van der Waals surface area contributed by atoms with Gasteiger partial charge in [0.2, 0.25) is 0 Å². The molecule has 0 bridgehead atoms. The standard InChI is InChI=1S/C75H124O6/c1-4-7-10-13-16-18-20-22-24-26-28-30-32-33-34-35-36-37-38-39-40-41-43-44-46-48-50-52-54-56-59-62-65-68-74(77)80-71-72(70-79-73(76)67-64-61-58-15-12-9-6-3)81-75(78)69-66-63-60-57-55-53-51-49-47-45-42-31-29-27-25-23-21-19-17-14-11-8-5-2/h7,10,16,18,21-24,27-30,33-34,36-37,39-40,43-44,48,50,72H,4-6,8-9,11-15,17,19-20,25-26,31-32,35,38,41-42,45-47,49,51-71H2,1-3H3/b10-7-,18-16-,23-21-,24-22-,29-27-,30-28-,34-33-,37-36-,40-39-,44-43-,50-48-. The number of carbonyl (C=O) groups excluding carboxylic acids is 3. The quantitative estimate of drug-likeness (QED) is 0.0261. The molecule has 0 aromatic rings. The molecule has 0 saturated heterocycles. The summed E-state index contributed by atoms with van der Waals surface area (Å²) < 4.78 is 16.8. The maximum Gasteiger partial charge on any atom is 0.306 e. The van der Waals surface area contributed by atoms with Crippen LogP contribution in [0, 0.1) is 0 Å². The largest absolute Gasteiger partial charge is 0.462 e. The predicted molar refractivity (Wildman–Crippen MR) is 353 cm³/mol. The van der Waals surface area contributed by atoms with E-state index < -0.39 is 6.10 Å². The number of unbranched alkanes of at least 4 members (excludes halogenated alkanes) is 27. The summed E-state index contributed by atoms with van der Waals surface area (Å²) >= 11 is 0. The normalized spacial score (nSPS) is 13.0. The van der Waals surface area contributed by atoms with Crippen molar-refractivity contribution in [2.24, 2.45) is 0 Å². The Bertz CT molecular complexity index is 1720. The first kappa shape index (κ1) is 76.5. The highest BCUT2D eigenvalue weighted by molar-refractivity contribution is 5.71. The molecule has 1 atom stereocenters. The summed E-state index contributed by atoms with van der Waals surface area (Å²) in [7, 11) is 0. The fourth-order valence-corrected chi connectivity index (χ4v) is 9.11. The third-order valence-electron chi connectivity index (χ3n) is 14.1. The maximum absolute atomic E-state index is 12.9. The molecule has 1 unspecified atom stereocenters. The predicted octanol–water partition coefficient (Wildman–Crippen LogP) is 23.3. The summed E-state index contributed by atoms with van der Waals surface area (Å²) in [6.45, 7) is 6.47. The summed E-state index contributed by atoms with van der Waals surface area (Å²) in [5.41, 5.74) is 0. The molecule has 6 heteroatoms. The molecule has 0 aromatic heterocycles. The lowest BCUT2D eigenvalue weighted by Gasteiger charge is -2.18. The first-order chi connectivity index (χ1) is 40.0. The Kier molecular flexibility index (Phi) is 64.3. The van der Waals surface area contributed by atoms with E-state index in [2.05, 4.69) is 154 Å². The minimum atomic E-state index is -0.789. The summed E-state index contributed by atoms with van der Waals surface area (Å²) in [5, 5.41) is 0. The van der Waals surface area contributed by atoms with Crippen molar-refractivity contribution in [1.29, 1.82) is 0 Å². The summed E-state index contributed by atoms with van der Waals surface area (Å²) in [6, 6.07) is 0. The SMILES string of the molecule is CC/C=C\C/C=C\C/C=C\C/C=C\C/C=C\C/C=C\C/C=C\C/C=C\C/C=C\CCCCCCCC(=O)OCC(COC(=O)CCCCCCCCC)OC(=O)CCCCCCCCCCCCC/C=C\C/C=C\CCCCCCC. The maximum atomic E-state index is 12.9. The van der Waals surface area contributed by atoms with Crippen LogP contribution in [-0.2, 0) is 28.6 Å². The minimum Gasteiger partial charge on any atom is -0.462 e. The third kappa shape index (κ3) is 66.2. The molecule has 0 fully saturated rings. The summed E-state index contributed by atoms with van der Waals surface area (Å²) in [5.74, 6) is -0.911. The molecule has 0 rings (SSSR count). The van der Waals surface area contributed by atoms with E-state index in [-0.39, 0.29) is 31.1 Å². The number of hydrogen-bond donors (Lipinski definition) is 0. The van der Waals surface area contributed by atoms with E-state index >= 15 is 0 Å². The van der Waals surface area contributed by atoms with E-state index in [1.54, 1.807) is 0 Å². The number of carbonyl (C=O) groups is 3. The van der Waals surface area contributed by atoms with Gasteiger partial charge in [0, 0.05) is 19.3 Å². The van der Waals surface area contributed by atoms with Crippen molar-refractivity contribution in [3.05, 3.63) is 134 Å². The smallest absolute Gasteiger partial charge is 0.306 e. The first-order valence-corrected chi connectivity index (χ1v) is 33.7. The number of esters is 3. The molecule has 81 heavy (non-hydrogen) atoms. The molecule has 0 N–H and O–H groups in total. The lowest BCUT2D eigenvalue weighted by atomic mass is 10.0. The van der Waals surface area contributed by atoms with Crippen LogP contribution in [0.25, 0.3) is 0 Å². The van der Waals surface area contributed by atoms with Crippen molar-refractivity contribution in [2.45, 2.75) is 309 Å². The Morgan fingerprint density at radius 1 is 0.259 bits per heavy atom. The molecule has 0 heterocycles. The van der Waals surface area contributed by atoms with E-state index in [0.29, 0.717) is 19.3 Å². The molecule has 0 aliphatic rings. The molecular formula is C75H124O6. The van der Waals surface area contributed by atoms with Crippen LogP contribution in [0.1, 0.15) is 303 Å². The number of ether oxygens (including phenoxy) is 3. The van der Waals surface area contributed by atoms with E-state index in [1.165, 1.54) is 122 Å². The Labute approximate surface area is 500 Å². The van der Waals surface area contributed by atoms with E-state index in [4.69, 9.17) is 14.2 Å². The fraction of sp³-hybridized carbons (Fsp3) is 0.667. The Morgan fingerprint density at radius 2 is 0.481 bits per heavy atom. The van der Waals surface area contributed by atoms with Gasteiger partial charge in [-0.3, -0.25) is 14.4 Å². The van der Waals surface area contributed by atoms with Crippen LogP contribution in [0.15, 0.2) is 134 Å². The van der Waals surface area contributed by atoms with Gasteiger partial charge in [0.1, 0.15) is 13.2 Å². The van der Waals surface area contributed by atoms with Gasteiger partial charge in [0.15, 0.2) is 6.10 Å². The zero-order chi connectivity index (χ0) is 58.5. The van der Waals surface area contributed by atoms with Crippen LogP contribution in [0.2, 0.25) is 0 Å². The zero-order valence-electron chi connectivity index (χ0n) is 52.8. The van der Waals surface area contributed by atoms with Crippen LogP contribution < -0.4 is 0 Å². The van der Waals surface area contributed by atoms with Crippen molar-refractivity contribution >= 4 is 17.9 Å².